The lowest BCUT2D eigenvalue weighted by molar-refractivity contribution is -0.116. The third kappa shape index (κ3) is 6.90. The van der Waals surface area contributed by atoms with Crippen molar-refractivity contribution in [2.75, 3.05) is 17.7 Å². The molecular weight excluding hydrogens is 432 g/mol. The van der Waals surface area contributed by atoms with E-state index in [0.29, 0.717) is 11.7 Å². The lowest BCUT2D eigenvalue weighted by Crippen LogP contribution is -2.15. The molecule has 31 heavy (non-hydrogen) atoms. The van der Waals surface area contributed by atoms with Crippen molar-refractivity contribution >= 4 is 32.2 Å². The number of aromatic nitrogens is 1. The van der Waals surface area contributed by atoms with Gasteiger partial charge in [0.05, 0.1) is 23.8 Å². The molecular formula is C23H26N2O4S2. The van der Waals surface area contributed by atoms with Crippen LogP contribution >= 0.6 is 11.3 Å². The highest BCUT2D eigenvalue weighted by atomic mass is 32.2. The molecule has 0 aliphatic rings. The Morgan fingerprint density at radius 1 is 1.10 bits per heavy atom. The van der Waals surface area contributed by atoms with Gasteiger partial charge in [-0.3, -0.25) is 4.79 Å². The molecule has 2 aromatic carbocycles. The van der Waals surface area contributed by atoms with Crippen LogP contribution in [0.5, 0.6) is 5.75 Å². The SMILES string of the molecule is CCOc1ccc(-c2nc(NC(=O)CCCS(=O)(=O)Cc3ccccc3)sc2C)cc1. The number of ether oxygens (including phenoxy) is 1. The van der Waals surface area contributed by atoms with Gasteiger partial charge in [-0.05, 0) is 50.1 Å². The van der Waals surface area contributed by atoms with Gasteiger partial charge in [0.1, 0.15) is 5.75 Å². The number of hydrogen-bond donors (Lipinski definition) is 1. The normalized spacial score (nSPS) is 11.3. The second kappa shape index (κ2) is 10.5. The van der Waals surface area contributed by atoms with E-state index in [1.807, 2.05) is 56.3 Å². The Labute approximate surface area is 187 Å². The maximum absolute atomic E-state index is 12.3. The molecule has 1 aromatic heterocycles. The third-order valence-electron chi connectivity index (χ3n) is 4.57. The molecule has 1 amide bonds. The minimum absolute atomic E-state index is 0.00736. The Balaban J connectivity index is 1.52. The Hall–Kier alpha value is -2.71. The van der Waals surface area contributed by atoms with Crippen molar-refractivity contribution in [2.24, 2.45) is 0 Å². The van der Waals surface area contributed by atoms with E-state index < -0.39 is 9.84 Å². The summed E-state index contributed by atoms with van der Waals surface area (Å²) >= 11 is 1.40. The minimum Gasteiger partial charge on any atom is -0.494 e. The number of sulfone groups is 1. The molecule has 0 aliphatic heterocycles. The maximum Gasteiger partial charge on any atom is 0.226 e. The lowest BCUT2D eigenvalue weighted by atomic mass is 10.1. The van der Waals surface area contributed by atoms with Gasteiger partial charge < -0.3 is 10.1 Å². The second-order valence-corrected chi connectivity index (χ2v) is 10.5. The van der Waals surface area contributed by atoms with Crippen molar-refractivity contribution in [3.05, 3.63) is 65.0 Å². The van der Waals surface area contributed by atoms with E-state index >= 15 is 0 Å². The molecule has 3 rings (SSSR count). The van der Waals surface area contributed by atoms with E-state index in [2.05, 4.69) is 10.3 Å². The smallest absolute Gasteiger partial charge is 0.226 e. The summed E-state index contributed by atoms with van der Waals surface area (Å²) in [5.74, 6) is 0.535. The summed E-state index contributed by atoms with van der Waals surface area (Å²) < 4.78 is 30.0. The zero-order chi connectivity index (χ0) is 22.3. The number of thiazole rings is 1. The molecule has 0 unspecified atom stereocenters. The molecule has 3 aromatic rings. The highest BCUT2D eigenvalue weighted by Gasteiger charge is 2.15. The van der Waals surface area contributed by atoms with Crippen LogP contribution in [0.3, 0.4) is 0 Å². The molecule has 0 saturated carbocycles. The Bertz CT molecular complexity index is 1110. The van der Waals surface area contributed by atoms with Gasteiger partial charge in [-0.2, -0.15) is 0 Å². The van der Waals surface area contributed by atoms with Gasteiger partial charge in [-0.15, -0.1) is 11.3 Å². The molecule has 0 bridgehead atoms. The standard InChI is InChI=1S/C23H26N2O4S2/c1-3-29-20-13-11-19(12-14-20)22-17(2)30-23(25-22)24-21(26)10-7-15-31(27,28)16-18-8-5-4-6-9-18/h4-6,8-9,11-14H,3,7,10,15-16H2,1-2H3,(H,24,25,26). The maximum atomic E-state index is 12.3. The van der Waals surface area contributed by atoms with Crippen LogP contribution in [0.2, 0.25) is 0 Å². The fourth-order valence-corrected chi connectivity index (χ4v) is 5.41. The third-order valence-corrected chi connectivity index (χ3v) is 7.14. The summed E-state index contributed by atoms with van der Waals surface area (Å²) in [5, 5.41) is 3.30. The molecule has 1 heterocycles. The Morgan fingerprint density at radius 2 is 1.81 bits per heavy atom. The number of carbonyl (C=O) groups is 1. The topological polar surface area (TPSA) is 85.4 Å². The molecule has 0 spiro atoms. The summed E-state index contributed by atoms with van der Waals surface area (Å²) in [5.41, 5.74) is 2.52. The van der Waals surface area contributed by atoms with E-state index in [9.17, 15) is 13.2 Å². The van der Waals surface area contributed by atoms with Gasteiger partial charge in [0.15, 0.2) is 15.0 Å². The number of nitrogens with one attached hydrogen (secondary N) is 1. The van der Waals surface area contributed by atoms with Crippen LogP contribution in [0.15, 0.2) is 54.6 Å². The van der Waals surface area contributed by atoms with Crippen molar-refractivity contribution in [1.29, 1.82) is 0 Å². The van der Waals surface area contributed by atoms with Gasteiger partial charge in [0.25, 0.3) is 0 Å². The van der Waals surface area contributed by atoms with Crippen LogP contribution < -0.4 is 10.1 Å². The quantitative estimate of drug-likeness (QED) is 0.469. The average molecular weight is 459 g/mol. The van der Waals surface area contributed by atoms with Gasteiger partial charge >= 0.3 is 0 Å². The molecule has 0 radical (unpaired) electrons. The molecule has 1 N–H and O–H groups in total. The molecule has 164 valence electrons. The van der Waals surface area contributed by atoms with Crippen molar-refractivity contribution < 1.29 is 17.9 Å². The van der Waals surface area contributed by atoms with Crippen molar-refractivity contribution in [1.82, 2.24) is 4.98 Å². The zero-order valence-electron chi connectivity index (χ0n) is 17.6. The fraction of sp³-hybridized carbons (Fsp3) is 0.304. The van der Waals surface area contributed by atoms with Crippen LogP contribution in [-0.4, -0.2) is 31.7 Å². The first-order valence-electron chi connectivity index (χ1n) is 10.1. The molecule has 6 nitrogen and oxygen atoms in total. The monoisotopic (exact) mass is 458 g/mol. The first-order chi connectivity index (χ1) is 14.9. The summed E-state index contributed by atoms with van der Waals surface area (Å²) in [4.78, 5) is 17.8. The lowest BCUT2D eigenvalue weighted by Gasteiger charge is -2.05. The van der Waals surface area contributed by atoms with E-state index in [4.69, 9.17) is 4.74 Å². The highest BCUT2D eigenvalue weighted by Crippen LogP contribution is 2.31. The average Bonchev–Trinajstić information content (AvgIpc) is 3.09. The number of aryl methyl sites for hydroxylation is 1. The molecule has 0 atom stereocenters. The van der Waals surface area contributed by atoms with Crippen molar-refractivity contribution in [3.8, 4) is 17.0 Å². The molecule has 0 saturated heterocycles. The zero-order valence-corrected chi connectivity index (χ0v) is 19.3. The largest absolute Gasteiger partial charge is 0.494 e. The first-order valence-corrected chi connectivity index (χ1v) is 12.7. The molecule has 0 fully saturated rings. The molecule has 8 heteroatoms. The van der Waals surface area contributed by atoms with Gasteiger partial charge in [-0.25, -0.2) is 13.4 Å². The minimum atomic E-state index is -3.25. The number of anilines is 1. The summed E-state index contributed by atoms with van der Waals surface area (Å²) in [7, 11) is -3.25. The van der Waals surface area contributed by atoms with Crippen LogP contribution in [0.4, 0.5) is 5.13 Å². The van der Waals surface area contributed by atoms with Gasteiger partial charge in [0.2, 0.25) is 5.91 Å². The van der Waals surface area contributed by atoms with E-state index in [0.717, 1.165) is 27.4 Å². The Morgan fingerprint density at radius 3 is 2.48 bits per heavy atom. The fourth-order valence-electron chi connectivity index (χ4n) is 3.13. The number of amides is 1. The number of rotatable bonds is 10. The summed E-state index contributed by atoms with van der Waals surface area (Å²) in [6.07, 6.45) is 0.405. The van der Waals surface area contributed by atoms with E-state index in [-0.39, 0.29) is 30.3 Å². The van der Waals surface area contributed by atoms with E-state index in [1.54, 1.807) is 12.1 Å². The predicted octanol–water partition coefficient (Wildman–Crippen LogP) is 4.85. The Kier molecular flexibility index (Phi) is 7.81. The van der Waals surface area contributed by atoms with Crippen LogP contribution in [0, 0.1) is 6.92 Å². The summed E-state index contributed by atoms with van der Waals surface area (Å²) in [6.45, 7) is 4.50. The second-order valence-electron chi connectivity index (χ2n) is 7.11. The van der Waals surface area contributed by atoms with Crippen LogP contribution in [-0.2, 0) is 20.4 Å². The predicted molar refractivity (Wildman–Crippen MR) is 125 cm³/mol. The van der Waals surface area contributed by atoms with Crippen LogP contribution in [0.25, 0.3) is 11.3 Å². The number of benzene rings is 2. The number of hydrogen-bond acceptors (Lipinski definition) is 6. The molecule has 0 aliphatic carbocycles. The van der Waals surface area contributed by atoms with Crippen molar-refractivity contribution in [2.45, 2.75) is 32.4 Å². The number of nitrogens with zero attached hydrogens (tertiary/aromatic N) is 1. The van der Waals surface area contributed by atoms with E-state index in [1.165, 1.54) is 11.3 Å². The van der Waals surface area contributed by atoms with Gasteiger partial charge in [0, 0.05) is 16.9 Å². The van der Waals surface area contributed by atoms with Crippen molar-refractivity contribution in [3.63, 3.8) is 0 Å². The number of carbonyl (C=O) groups excluding carboxylic acids is 1. The van der Waals surface area contributed by atoms with Gasteiger partial charge in [-0.1, -0.05) is 30.3 Å². The summed E-state index contributed by atoms with van der Waals surface area (Å²) in [6, 6.07) is 16.7. The highest BCUT2D eigenvalue weighted by molar-refractivity contribution is 7.90. The van der Waals surface area contributed by atoms with Crippen LogP contribution in [0.1, 0.15) is 30.2 Å². The first kappa shape index (κ1) is 23.0.